The molecule has 0 fully saturated rings. The summed E-state index contributed by atoms with van der Waals surface area (Å²) in [5, 5.41) is 3.22. The smallest absolute Gasteiger partial charge is 0.251 e. The maximum Gasteiger partial charge on any atom is 0.251 e. The van der Waals surface area contributed by atoms with Crippen LogP contribution < -0.4 is 5.32 Å². The van der Waals surface area contributed by atoms with Gasteiger partial charge in [-0.25, -0.2) is 0 Å². The van der Waals surface area contributed by atoms with Crippen molar-refractivity contribution in [3.05, 3.63) is 101 Å². The molecule has 150 valence electrons. The van der Waals surface area contributed by atoms with Crippen LogP contribution in [0.3, 0.4) is 0 Å². The minimum absolute atomic E-state index is 0.0164. The Bertz CT molecular complexity index is 902. The van der Waals surface area contributed by atoms with Crippen LogP contribution in [0.15, 0.2) is 83.8 Å². The van der Waals surface area contributed by atoms with Crippen molar-refractivity contribution in [1.82, 2.24) is 5.32 Å². The summed E-state index contributed by atoms with van der Waals surface area (Å²) >= 11 is 1.81. The lowest BCUT2D eigenvalue weighted by Gasteiger charge is -2.21. The molecule has 0 saturated heterocycles. The number of benzene rings is 3. The molecule has 3 aromatic carbocycles. The van der Waals surface area contributed by atoms with Crippen LogP contribution in [0.4, 0.5) is 0 Å². The van der Waals surface area contributed by atoms with Gasteiger partial charge in [-0.1, -0.05) is 74.0 Å². The fourth-order valence-corrected chi connectivity index (χ4v) is 4.08. The second-order valence-electron chi connectivity index (χ2n) is 7.86. The first-order chi connectivity index (χ1) is 14.0. The average molecular weight is 404 g/mol. The number of carbonyl (C=O) groups is 1. The van der Waals surface area contributed by atoms with Crippen molar-refractivity contribution in [3.63, 3.8) is 0 Å². The lowest BCUT2D eigenvalue weighted by atomic mass is 9.96. The average Bonchev–Trinajstić information content (AvgIpc) is 2.73. The van der Waals surface area contributed by atoms with E-state index in [1.165, 1.54) is 16.0 Å². The molecule has 0 heterocycles. The third-order valence-corrected chi connectivity index (χ3v) is 5.94. The summed E-state index contributed by atoms with van der Waals surface area (Å²) in [4.78, 5) is 14.1. The van der Waals surface area contributed by atoms with Gasteiger partial charge < -0.3 is 5.32 Å². The third kappa shape index (κ3) is 6.50. The Balaban J connectivity index is 1.62. The number of aryl methyl sites for hydroxylation is 1. The van der Waals surface area contributed by atoms with Gasteiger partial charge in [0.25, 0.3) is 5.91 Å². The molecule has 1 unspecified atom stereocenters. The number of carbonyl (C=O) groups excluding carboxylic acids is 1. The van der Waals surface area contributed by atoms with E-state index in [1.807, 2.05) is 42.1 Å². The number of amides is 1. The van der Waals surface area contributed by atoms with Gasteiger partial charge in [-0.05, 0) is 54.7 Å². The van der Waals surface area contributed by atoms with Crippen LogP contribution >= 0.6 is 11.8 Å². The van der Waals surface area contributed by atoms with E-state index in [1.54, 1.807) is 0 Å². The minimum Gasteiger partial charge on any atom is -0.345 e. The summed E-state index contributed by atoms with van der Waals surface area (Å²) in [6, 6.07) is 26.8. The van der Waals surface area contributed by atoms with Gasteiger partial charge >= 0.3 is 0 Å². The Morgan fingerprint density at radius 2 is 1.55 bits per heavy atom. The van der Waals surface area contributed by atoms with Crippen molar-refractivity contribution in [2.24, 2.45) is 5.92 Å². The monoisotopic (exact) mass is 403 g/mol. The number of rotatable bonds is 8. The maximum atomic E-state index is 12.8. The summed E-state index contributed by atoms with van der Waals surface area (Å²) < 4.78 is 0. The number of hydrogen-bond donors (Lipinski definition) is 1. The first kappa shape index (κ1) is 21.2. The molecule has 0 aliphatic heterocycles. The molecule has 0 saturated carbocycles. The molecule has 0 aliphatic rings. The van der Waals surface area contributed by atoms with Crippen LogP contribution in [0.1, 0.15) is 53.4 Å². The predicted molar refractivity (Wildman–Crippen MR) is 123 cm³/mol. The maximum absolute atomic E-state index is 12.8. The summed E-state index contributed by atoms with van der Waals surface area (Å²) in [5.74, 6) is 1.38. The molecule has 3 heteroatoms. The Morgan fingerprint density at radius 3 is 2.17 bits per heavy atom. The summed E-state index contributed by atoms with van der Waals surface area (Å²) in [6.07, 6.45) is 0.918. The number of thioether (sulfide) groups is 1. The van der Waals surface area contributed by atoms with Crippen molar-refractivity contribution in [3.8, 4) is 0 Å². The highest BCUT2D eigenvalue weighted by Crippen LogP contribution is 2.24. The first-order valence-electron chi connectivity index (χ1n) is 10.2. The second-order valence-corrected chi connectivity index (χ2v) is 8.91. The molecule has 3 aromatic rings. The Hall–Kier alpha value is -2.52. The molecular formula is C26H29NOS. The van der Waals surface area contributed by atoms with E-state index in [4.69, 9.17) is 0 Å². The van der Waals surface area contributed by atoms with E-state index < -0.39 is 0 Å². The summed E-state index contributed by atoms with van der Waals surface area (Å²) in [7, 11) is 0. The molecule has 3 rings (SSSR count). The fourth-order valence-electron chi connectivity index (χ4n) is 3.23. The fraction of sp³-hybridized carbons (Fsp3) is 0.269. The first-order valence-corrected chi connectivity index (χ1v) is 11.1. The van der Waals surface area contributed by atoms with Gasteiger partial charge in [0.15, 0.2) is 0 Å². The van der Waals surface area contributed by atoms with Crippen molar-refractivity contribution >= 4 is 17.7 Å². The van der Waals surface area contributed by atoms with Crippen LogP contribution in [0.25, 0.3) is 0 Å². The molecule has 1 N–H and O–H groups in total. The van der Waals surface area contributed by atoms with Crippen LogP contribution in [-0.2, 0) is 5.75 Å². The molecule has 0 bridgehead atoms. The number of nitrogens with one attached hydrogen (secondary N) is 1. The van der Waals surface area contributed by atoms with Gasteiger partial charge in [0.2, 0.25) is 0 Å². The highest BCUT2D eigenvalue weighted by molar-refractivity contribution is 7.98. The second kappa shape index (κ2) is 10.3. The quantitative estimate of drug-likeness (QED) is 0.419. The van der Waals surface area contributed by atoms with Gasteiger partial charge in [0.1, 0.15) is 0 Å². The highest BCUT2D eigenvalue weighted by atomic mass is 32.2. The van der Waals surface area contributed by atoms with Crippen LogP contribution in [0.5, 0.6) is 0 Å². The van der Waals surface area contributed by atoms with E-state index in [9.17, 15) is 4.79 Å². The lowest BCUT2D eigenvalue weighted by molar-refractivity contribution is 0.0932. The third-order valence-electron chi connectivity index (χ3n) is 4.86. The molecule has 0 spiro atoms. The van der Waals surface area contributed by atoms with E-state index >= 15 is 0 Å². The standard InChI is InChI=1S/C26H29NOS/c1-19(2)17-25(22-7-5-4-6-8-22)27-26(28)23-13-11-21(12-14-23)18-29-24-15-9-20(3)10-16-24/h4-16,19,25H,17-18H2,1-3H3,(H,27,28). The molecule has 0 aliphatic carbocycles. The van der Waals surface area contributed by atoms with Crippen LogP contribution in [0.2, 0.25) is 0 Å². The zero-order chi connectivity index (χ0) is 20.6. The van der Waals surface area contributed by atoms with Gasteiger partial charge in [-0.3, -0.25) is 4.79 Å². The molecule has 2 nitrogen and oxygen atoms in total. The highest BCUT2D eigenvalue weighted by Gasteiger charge is 2.17. The van der Waals surface area contributed by atoms with E-state index in [2.05, 4.69) is 74.6 Å². The van der Waals surface area contributed by atoms with Gasteiger partial charge in [-0.2, -0.15) is 0 Å². The summed E-state index contributed by atoms with van der Waals surface area (Å²) in [6.45, 7) is 6.47. The topological polar surface area (TPSA) is 29.1 Å². The van der Waals surface area contributed by atoms with Crippen molar-refractivity contribution < 1.29 is 4.79 Å². The van der Waals surface area contributed by atoms with Gasteiger partial charge in [0, 0.05) is 16.2 Å². The van der Waals surface area contributed by atoms with Gasteiger partial charge in [0.05, 0.1) is 6.04 Å². The predicted octanol–water partition coefficient (Wildman–Crippen LogP) is 6.80. The zero-order valence-electron chi connectivity index (χ0n) is 17.4. The lowest BCUT2D eigenvalue weighted by Crippen LogP contribution is -2.29. The van der Waals surface area contributed by atoms with E-state index in [-0.39, 0.29) is 11.9 Å². The Morgan fingerprint density at radius 1 is 0.897 bits per heavy atom. The van der Waals surface area contributed by atoms with Crippen LogP contribution in [-0.4, -0.2) is 5.91 Å². The Kier molecular flexibility index (Phi) is 7.54. The normalized spacial score (nSPS) is 12.0. The molecule has 29 heavy (non-hydrogen) atoms. The van der Waals surface area contributed by atoms with Gasteiger partial charge in [-0.15, -0.1) is 11.8 Å². The Labute approximate surface area is 178 Å². The van der Waals surface area contributed by atoms with Crippen molar-refractivity contribution in [2.75, 3.05) is 0 Å². The largest absolute Gasteiger partial charge is 0.345 e. The van der Waals surface area contributed by atoms with E-state index in [0.717, 1.165) is 17.7 Å². The zero-order valence-corrected chi connectivity index (χ0v) is 18.2. The van der Waals surface area contributed by atoms with E-state index in [0.29, 0.717) is 11.5 Å². The molecule has 1 atom stereocenters. The molecular weight excluding hydrogens is 374 g/mol. The van der Waals surface area contributed by atoms with Crippen molar-refractivity contribution in [1.29, 1.82) is 0 Å². The molecule has 0 radical (unpaired) electrons. The molecule has 1 amide bonds. The number of hydrogen-bond acceptors (Lipinski definition) is 2. The molecule has 0 aromatic heterocycles. The van der Waals surface area contributed by atoms with Crippen molar-refractivity contribution in [2.45, 2.75) is 43.9 Å². The summed E-state index contributed by atoms with van der Waals surface area (Å²) in [5.41, 5.74) is 4.35. The minimum atomic E-state index is -0.0164. The SMILES string of the molecule is Cc1ccc(SCc2ccc(C(=O)NC(CC(C)C)c3ccccc3)cc2)cc1. The van der Waals surface area contributed by atoms with Crippen LogP contribution in [0, 0.1) is 12.8 Å².